The van der Waals surface area contributed by atoms with E-state index < -0.39 is 49.8 Å². The number of alkyl halides is 1. The lowest BCUT2D eigenvalue weighted by Crippen LogP contribution is -2.39. The Hall–Kier alpha value is -1.10. The maximum Gasteiger partial charge on any atom is 0.330 e. The van der Waals surface area contributed by atoms with Gasteiger partial charge in [-0.15, -0.1) is 0 Å². The fraction of sp³-hybridized carbons (Fsp3) is 0.783. The van der Waals surface area contributed by atoms with Crippen molar-refractivity contribution in [2.24, 2.45) is 5.41 Å². The summed E-state index contributed by atoms with van der Waals surface area (Å²) < 4.78 is 37.1. The highest BCUT2D eigenvalue weighted by molar-refractivity contribution is 8.13. The summed E-state index contributed by atoms with van der Waals surface area (Å²) in [6.45, 7) is 15.8. The van der Waals surface area contributed by atoms with Crippen LogP contribution in [0.1, 0.15) is 68.0 Å². The Morgan fingerprint density at radius 3 is 2.43 bits per heavy atom. The Balaban J connectivity index is 2.21. The predicted octanol–water partition coefficient (Wildman–Crippen LogP) is 4.24. The SMILES string of the molecule is CC[C@H]1O[C@@H](n2ccc(=O)[nH]c2=O)[C@@H](F)C1OP(OCCSC(=O)C(C)(C)C)N(C(C)C)C(C)C. The van der Waals surface area contributed by atoms with Crippen LogP contribution in [0.3, 0.4) is 0 Å². The number of halogens is 1. The molecule has 9 nitrogen and oxygen atoms in total. The largest absolute Gasteiger partial charge is 0.349 e. The van der Waals surface area contributed by atoms with Gasteiger partial charge in [0.2, 0.25) is 0 Å². The third kappa shape index (κ3) is 7.94. The van der Waals surface area contributed by atoms with Crippen molar-refractivity contribution in [1.29, 1.82) is 0 Å². The van der Waals surface area contributed by atoms with E-state index in [9.17, 15) is 14.4 Å². The number of ether oxygens (including phenoxy) is 1. The van der Waals surface area contributed by atoms with E-state index >= 15 is 4.39 Å². The van der Waals surface area contributed by atoms with Gasteiger partial charge in [-0.1, -0.05) is 39.5 Å². The van der Waals surface area contributed by atoms with Crippen LogP contribution < -0.4 is 11.2 Å². The molecular formula is C23H39FN3O6PS. The van der Waals surface area contributed by atoms with Crippen LogP contribution in [0, 0.1) is 5.41 Å². The van der Waals surface area contributed by atoms with Crippen molar-refractivity contribution in [3.63, 3.8) is 0 Å². The maximum atomic E-state index is 15.7. The number of carbonyl (C=O) groups is 1. The van der Waals surface area contributed by atoms with Gasteiger partial charge in [-0.25, -0.2) is 13.9 Å². The molecule has 12 heteroatoms. The van der Waals surface area contributed by atoms with Gasteiger partial charge < -0.3 is 13.8 Å². The highest BCUT2D eigenvalue weighted by atomic mass is 32.2. The summed E-state index contributed by atoms with van der Waals surface area (Å²) >= 11 is 1.21. The molecule has 200 valence electrons. The molecule has 1 aromatic heterocycles. The summed E-state index contributed by atoms with van der Waals surface area (Å²) in [4.78, 5) is 38.0. The summed E-state index contributed by atoms with van der Waals surface area (Å²) in [6.07, 6.45) is -2.78. The Kier molecular flexibility index (Phi) is 11.1. The van der Waals surface area contributed by atoms with Gasteiger partial charge >= 0.3 is 5.69 Å². The Bertz CT molecular complexity index is 942. The lowest BCUT2D eigenvalue weighted by Gasteiger charge is -2.37. The van der Waals surface area contributed by atoms with Crippen molar-refractivity contribution in [2.45, 2.75) is 98.5 Å². The molecule has 35 heavy (non-hydrogen) atoms. The summed E-state index contributed by atoms with van der Waals surface area (Å²) in [5, 5.41) is 0.0733. The Labute approximate surface area is 212 Å². The van der Waals surface area contributed by atoms with E-state index in [-0.39, 0.29) is 23.8 Å². The van der Waals surface area contributed by atoms with E-state index in [1.807, 2.05) is 60.1 Å². The van der Waals surface area contributed by atoms with Crippen molar-refractivity contribution in [3.8, 4) is 0 Å². The first-order valence-corrected chi connectivity index (χ1v) is 14.1. The standard InChI is InChI=1S/C23H39FN3O6PS/c1-9-16-19(18(24)20(32-16)26-11-10-17(28)25-22(26)30)33-34(27(14(2)3)15(4)5)31-12-13-35-21(29)23(6,7)8/h10-11,14-16,18-20H,9,12-13H2,1-8H3,(H,25,28,30)/t16-,18+,19?,20-,34?/m1/s1. The van der Waals surface area contributed by atoms with Gasteiger partial charge in [0, 0.05) is 35.5 Å². The predicted molar refractivity (Wildman–Crippen MR) is 137 cm³/mol. The minimum absolute atomic E-state index is 0.0584. The lowest BCUT2D eigenvalue weighted by atomic mass is 10.00. The monoisotopic (exact) mass is 535 g/mol. The molecule has 1 aliphatic heterocycles. The number of nitrogens with one attached hydrogen (secondary N) is 1. The molecule has 0 aliphatic carbocycles. The summed E-state index contributed by atoms with van der Waals surface area (Å²) in [5.74, 6) is 0.454. The zero-order chi connectivity index (χ0) is 26.5. The first-order chi connectivity index (χ1) is 16.3. The first-order valence-electron chi connectivity index (χ1n) is 11.9. The van der Waals surface area contributed by atoms with Crippen LogP contribution in [-0.2, 0) is 18.6 Å². The third-order valence-corrected chi connectivity index (χ3v) is 8.76. The van der Waals surface area contributed by atoms with Crippen LogP contribution in [0.4, 0.5) is 4.39 Å². The molecule has 2 heterocycles. The molecule has 0 bridgehead atoms. The topological polar surface area (TPSA) is 103 Å². The average Bonchev–Trinajstić information content (AvgIpc) is 3.05. The number of rotatable bonds is 11. The van der Waals surface area contributed by atoms with E-state index in [1.54, 1.807) is 0 Å². The summed E-state index contributed by atoms with van der Waals surface area (Å²) in [6, 6.07) is 1.27. The van der Waals surface area contributed by atoms with Gasteiger partial charge in [-0.05, 0) is 34.1 Å². The van der Waals surface area contributed by atoms with E-state index in [0.29, 0.717) is 12.2 Å². The molecule has 0 spiro atoms. The van der Waals surface area contributed by atoms with Gasteiger partial charge in [0.05, 0.1) is 12.7 Å². The van der Waals surface area contributed by atoms with Crippen molar-refractivity contribution in [1.82, 2.24) is 14.2 Å². The highest BCUT2D eigenvalue weighted by Crippen LogP contribution is 2.50. The minimum atomic E-state index is -1.69. The molecular weight excluding hydrogens is 496 g/mol. The van der Waals surface area contributed by atoms with E-state index in [1.165, 1.54) is 18.0 Å². The zero-order valence-electron chi connectivity index (χ0n) is 21.8. The second kappa shape index (κ2) is 12.9. The lowest BCUT2D eigenvalue weighted by molar-refractivity contribution is -0.117. The number of carbonyl (C=O) groups excluding carboxylic acids is 1. The van der Waals surface area contributed by atoms with Gasteiger partial charge in [-0.3, -0.25) is 19.1 Å². The van der Waals surface area contributed by atoms with Crippen LogP contribution in [0.2, 0.25) is 0 Å². The molecule has 1 saturated heterocycles. The van der Waals surface area contributed by atoms with Crippen molar-refractivity contribution in [2.75, 3.05) is 12.4 Å². The fourth-order valence-corrected chi connectivity index (χ4v) is 6.37. The smallest absolute Gasteiger partial charge is 0.330 e. The number of thioether (sulfide) groups is 1. The molecule has 1 aliphatic rings. The molecule has 0 amide bonds. The van der Waals surface area contributed by atoms with Crippen LogP contribution in [-0.4, -0.2) is 62.2 Å². The average molecular weight is 536 g/mol. The summed E-state index contributed by atoms with van der Waals surface area (Å²) in [5.41, 5.74) is -1.76. The first kappa shape index (κ1) is 30.1. The van der Waals surface area contributed by atoms with Gasteiger partial charge in [0.1, 0.15) is 6.10 Å². The Morgan fingerprint density at radius 1 is 1.29 bits per heavy atom. The third-order valence-electron chi connectivity index (χ3n) is 5.38. The number of nitrogens with zero attached hydrogens (tertiary/aromatic N) is 2. The highest BCUT2D eigenvalue weighted by Gasteiger charge is 2.49. The molecule has 1 aromatic rings. The van der Waals surface area contributed by atoms with E-state index in [2.05, 4.69) is 4.98 Å². The molecule has 0 aromatic carbocycles. The fourth-order valence-electron chi connectivity index (χ4n) is 3.70. The summed E-state index contributed by atoms with van der Waals surface area (Å²) in [7, 11) is -1.69. The quantitative estimate of drug-likeness (QED) is 0.332. The van der Waals surface area contributed by atoms with E-state index in [0.717, 1.165) is 10.6 Å². The van der Waals surface area contributed by atoms with Gasteiger partial charge in [-0.2, -0.15) is 0 Å². The minimum Gasteiger partial charge on any atom is -0.349 e. The normalized spacial score (nSPS) is 24.0. The second-order valence-electron chi connectivity index (χ2n) is 10.0. The molecule has 1 fully saturated rings. The second-order valence-corrected chi connectivity index (χ2v) is 12.5. The van der Waals surface area contributed by atoms with Crippen LogP contribution in [0.15, 0.2) is 21.9 Å². The zero-order valence-corrected chi connectivity index (χ0v) is 23.5. The molecule has 0 radical (unpaired) electrons. The number of hydrogen-bond donors (Lipinski definition) is 1. The molecule has 1 N–H and O–H groups in total. The maximum absolute atomic E-state index is 15.7. The number of hydrogen-bond acceptors (Lipinski definition) is 8. The van der Waals surface area contributed by atoms with Crippen LogP contribution >= 0.6 is 20.3 Å². The number of aromatic amines is 1. The van der Waals surface area contributed by atoms with E-state index in [4.69, 9.17) is 13.8 Å². The molecule has 2 unspecified atom stereocenters. The molecule has 0 saturated carbocycles. The van der Waals surface area contributed by atoms with Crippen LogP contribution in [0.5, 0.6) is 0 Å². The van der Waals surface area contributed by atoms with Gasteiger partial charge in [0.25, 0.3) is 14.1 Å². The van der Waals surface area contributed by atoms with Gasteiger partial charge in [0.15, 0.2) is 17.5 Å². The number of aromatic nitrogens is 2. The Morgan fingerprint density at radius 2 is 1.91 bits per heavy atom. The van der Waals surface area contributed by atoms with Crippen molar-refractivity contribution in [3.05, 3.63) is 33.1 Å². The number of H-pyrrole nitrogens is 1. The van der Waals surface area contributed by atoms with Crippen LogP contribution in [0.25, 0.3) is 0 Å². The molecule has 5 atom stereocenters. The van der Waals surface area contributed by atoms with Crippen molar-refractivity contribution >= 4 is 25.4 Å². The van der Waals surface area contributed by atoms with Crippen molar-refractivity contribution < 1.29 is 23.0 Å². The molecule has 2 rings (SSSR count).